The van der Waals surface area contributed by atoms with E-state index in [1.165, 1.54) is 19.2 Å². The summed E-state index contributed by atoms with van der Waals surface area (Å²) in [6.07, 6.45) is 2.61. The van der Waals surface area contributed by atoms with Crippen molar-refractivity contribution in [1.29, 1.82) is 0 Å². The molecule has 0 bridgehead atoms. The Balaban J connectivity index is 1.39. The molecule has 2 N–H and O–H groups in total. The van der Waals surface area contributed by atoms with Gasteiger partial charge in [0, 0.05) is 30.9 Å². The number of likely N-dealkylation sites (tertiary alicyclic amines) is 1. The highest BCUT2D eigenvalue weighted by Gasteiger charge is 2.23. The number of nitrogens with one attached hydrogen (secondary N) is 2. The number of hydrogen-bond donors (Lipinski definition) is 2. The Bertz CT molecular complexity index is 896. The number of ether oxygens (including phenoxy) is 2. The van der Waals surface area contributed by atoms with Gasteiger partial charge in [0.25, 0.3) is 5.91 Å². The molecule has 1 aliphatic rings. The normalized spacial score (nSPS) is 14.1. The Hall–Kier alpha value is -3.29. The quantitative estimate of drug-likeness (QED) is 0.700. The molecule has 0 saturated carbocycles. The van der Waals surface area contributed by atoms with E-state index in [4.69, 9.17) is 9.47 Å². The fourth-order valence-electron chi connectivity index (χ4n) is 3.63. The Morgan fingerprint density at radius 2 is 1.71 bits per heavy atom. The van der Waals surface area contributed by atoms with Crippen LogP contribution in [0.4, 0.5) is 14.9 Å². The van der Waals surface area contributed by atoms with Crippen LogP contribution in [0.25, 0.3) is 0 Å². The van der Waals surface area contributed by atoms with Crippen molar-refractivity contribution in [3.63, 3.8) is 0 Å². The molecule has 0 radical (unpaired) electrons. The van der Waals surface area contributed by atoms with Crippen molar-refractivity contribution in [3.05, 3.63) is 53.8 Å². The van der Waals surface area contributed by atoms with Crippen LogP contribution in [0.5, 0.6) is 11.5 Å². The number of benzene rings is 2. The second-order valence-electron chi connectivity index (χ2n) is 7.48. The molecule has 0 aromatic heterocycles. The average molecular weight is 429 g/mol. The summed E-state index contributed by atoms with van der Waals surface area (Å²) in [5.41, 5.74) is 1.09. The molecule has 1 aliphatic heterocycles. The molecule has 3 amide bonds. The van der Waals surface area contributed by atoms with Crippen LogP contribution >= 0.6 is 0 Å². The zero-order valence-electron chi connectivity index (χ0n) is 17.8. The lowest BCUT2D eigenvalue weighted by Gasteiger charge is -2.32. The zero-order chi connectivity index (χ0) is 22.2. The van der Waals surface area contributed by atoms with Gasteiger partial charge in [-0.1, -0.05) is 0 Å². The summed E-state index contributed by atoms with van der Waals surface area (Å²) in [7, 11) is 3.08. The van der Waals surface area contributed by atoms with Crippen LogP contribution in [-0.2, 0) is 0 Å². The van der Waals surface area contributed by atoms with E-state index in [2.05, 4.69) is 10.6 Å². The van der Waals surface area contributed by atoms with Crippen molar-refractivity contribution in [3.8, 4) is 11.5 Å². The van der Waals surface area contributed by atoms with Gasteiger partial charge >= 0.3 is 6.03 Å². The van der Waals surface area contributed by atoms with Crippen molar-refractivity contribution >= 4 is 17.6 Å². The van der Waals surface area contributed by atoms with Gasteiger partial charge in [0.05, 0.1) is 14.2 Å². The maximum absolute atomic E-state index is 13.0. The third-order valence-corrected chi connectivity index (χ3v) is 5.48. The van der Waals surface area contributed by atoms with Gasteiger partial charge in [-0.2, -0.15) is 0 Å². The first-order valence-electron chi connectivity index (χ1n) is 10.3. The second kappa shape index (κ2) is 10.7. The minimum absolute atomic E-state index is 0.155. The van der Waals surface area contributed by atoms with Gasteiger partial charge in [-0.15, -0.1) is 0 Å². The molecule has 2 aromatic carbocycles. The minimum atomic E-state index is -0.336. The number of anilines is 1. The van der Waals surface area contributed by atoms with Gasteiger partial charge in [0.2, 0.25) is 0 Å². The molecule has 7 nitrogen and oxygen atoms in total. The van der Waals surface area contributed by atoms with E-state index in [0.29, 0.717) is 48.3 Å². The monoisotopic (exact) mass is 429 g/mol. The van der Waals surface area contributed by atoms with Crippen molar-refractivity contribution < 1.29 is 23.5 Å². The van der Waals surface area contributed by atoms with Crippen LogP contribution in [0, 0.1) is 11.7 Å². The topological polar surface area (TPSA) is 79.9 Å². The van der Waals surface area contributed by atoms with Crippen molar-refractivity contribution in [1.82, 2.24) is 10.2 Å². The standard InChI is InChI=1S/C23H28FN3O4/c1-30-20-8-3-17(15-21(20)31-2)22(28)25-12-9-16-10-13-27(14-11-16)23(29)26-19-6-4-18(24)5-7-19/h3-8,15-16H,9-14H2,1-2H3,(H,25,28)(H,26,29). The number of carbonyl (C=O) groups is 2. The van der Waals surface area contributed by atoms with Gasteiger partial charge < -0.3 is 25.0 Å². The number of rotatable bonds is 7. The Kier molecular flexibility index (Phi) is 7.70. The summed E-state index contributed by atoms with van der Waals surface area (Å²) < 4.78 is 23.4. The molecule has 0 unspecified atom stereocenters. The first kappa shape index (κ1) is 22.4. The average Bonchev–Trinajstić information content (AvgIpc) is 2.80. The Labute approximate surface area is 181 Å². The maximum Gasteiger partial charge on any atom is 0.321 e. The number of nitrogens with zero attached hydrogens (tertiary/aromatic N) is 1. The summed E-state index contributed by atoms with van der Waals surface area (Å²) in [4.78, 5) is 26.5. The van der Waals surface area contributed by atoms with Crippen molar-refractivity contribution in [2.75, 3.05) is 39.2 Å². The van der Waals surface area contributed by atoms with E-state index in [9.17, 15) is 14.0 Å². The summed E-state index contributed by atoms with van der Waals surface area (Å²) in [5.74, 6) is 1.05. The summed E-state index contributed by atoms with van der Waals surface area (Å²) in [6.45, 7) is 1.88. The van der Waals surface area contributed by atoms with E-state index in [1.807, 2.05) is 0 Å². The molecule has 1 fully saturated rings. The third-order valence-electron chi connectivity index (χ3n) is 5.48. The number of urea groups is 1. The number of hydrogen-bond acceptors (Lipinski definition) is 4. The lowest BCUT2D eigenvalue weighted by atomic mass is 9.93. The van der Waals surface area contributed by atoms with Gasteiger partial charge in [-0.05, 0) is 67.6 Å². The molecule has 3 rings (SSSR count). The highest BCUT2D eigenvalue weighted by molar-refractivity contribution is 5.94. The van der Waals surface area contributed by atoms with Crippen LogP contribution in [0.2, 0.25) is 0 Å². The van der Waals surface area contributed by atoms with E-state index < -0.39 is 0 Å². The largest absolute Gasteiger partial charge is 0.493 e. The van der Waals surface area contributed by atoms with Crippen LogP contribution in [0.15, 0.2) is 42.5 Å². The van der Waals surface area contributed by atoms with E-state index in [-0.39, 0.29) is 17.8 Å². The first-order valence-corrected chi connectivity index (χ1v) is 10.3. The van der Waals surface area contributed by atoms with Crippen LogP contribution in [0.3, 0.4) is 0 Å². The van der Waals surface area contributed by atoms with Crippen LogP contribution in [-0.4, -0.2) is 50.7 Å². The lowest BCUT2D eigenvalue weighted by molar-refractivity contribution is 0.0949. The smallest absolute Gasteiger partial charge is 0.321 e. The highest BCUT2D eigenvalue weighted by Crippen LogP contribution is 2.27. The van der Waals surface area contributed by atoms with E-state index >= 15 is 0 Å². The molecule has 1 heterocycles. The molecule has 8 heteroatoms. The van der Waals surface area contributed by atoms with Crippen LogP contribution < -0.4 is 20.1 Å². The SMILES string of the molecule is COc1ccc(C(=O)NCCC2CCN(C(=O)Nc3ccc(F)cc3)CC2)cc1OC. The molecule has 1 saturated heterocycles. The van der Waals surface area contributed by atoms with Gasteiger partial charge in [0.1, 0.15) is 5.82 Å². The molecule has 31 heavy (non-hydrogen) atoms. The summed E-state index contributed by atoms with van der Waals surface area (Å²) in [5, 5.41) is 5.74. The summed E-state index contributed by atoms with van der Waals surface area (Å²) >= 11 is 0. The Morgan fingerprint density at radius 3 is 2.35 bits per heavy atom. The maximum atomic E-state index is 13.0. The summed E-state index contributed by atoms with van der Waals surface area (Å²) in [6, 6.07) is 10.6. The molecular formula is C23H28FN3O4. The predicted octanol–water partition coefficient (Wildman–Crippen LogP) is 3.91. The number of halogens is 1. The molecule has 2 aromatic rings. The highest BCUT2D eigenvalue weighted by atomic mass is 19.1. The van der Waals surface area contributed by atoms with Gasteiger partial charge in [0.15, 0.2) is 11.5 Å². The fourth-order valence-corrected chi connectivity index (χ4v) is 3.63. The van der Waals surface area contributed by atoms with Gasteiger partial charge in [-0.25, -0.2) is 9.18 Å². The number of amides is 3. The lowest BCUT2D eigenvalue weighted by Crippen LogP contribution is -2.41. The third kappa shape index (κ3) is 6.10. The van der Waals surface area contributed by atoms with Crippen molar-refractivity contribution in [2.24, 2.45) is 5.92 Å². The van der Waals surface area contributed by atoms with E-state index in [0.717, 1.165) is 19.3 Å². The van der Waals surface area contributed by atoms with Crippen LogP contribution in [0.1, 0.15) is 29.6 Å². The Morgan fingerprint density at radius 1 is 1.03 bits per heavy atom. The number of methoxy groups -OCH3 is 2. The fraction of sp³-hybridized carbons (Fsp3) is 0.391. The van der Waals surface area contributed by atoms with Gasteiger partial charge in [-0.3, -0.25) is 4.79 Å². The second-order valence-corrected chi connectivity index (χ2v) is 7.48. The first-order chi connectivity index (χ1) is 15.0. The molecule has 0 aliphatic carbocycles. The minimum Gasteiger partial charge on any atom is -0.493 e. The van der Waals surface area contributed by atoms with E-state index in [1.54, 1.807) is 42.3 Å². The number of carbonyl (C=O) groups excluding carboxylic acids is 2. The predicted molar refractivity (Wildman–Crippen MR) is 116 cm³/mol. The van der Waals surface area contributed by atoms with Crippen molar-refractivity contribution in [2.45, 2.75) is 19.3 Å². The molecule has 0 spiro atoms. The zero-order valence-corrected chi connectivity index (χ0v) is 17.8. The number of piperidine rings is 1. The molecular weight excluding hydrogens is 401 g/mol. The molecule has 0 atom stereocenters. The molecule has 166 valence electrons.